The molecule has 3 heterocycles. The molecule has 1 unspecified atom stereocenters. The minimum absolute atomic E-state index is 0.0848. The molecule has 1 atom stereocenters. The third kappa shape index (κ3) is 6.16. The summed E-state index contributed by atoms with van der Waals surface area (Å²) < 4.78 is 69.4. The van der Waals surface area contributed by atoms with Crippen LogP contribution in [-0.4, -0.2) is 72.3 Å². The highest BCUT2D eigenvalue weighted by Gasteiger charge is 2.50. The molecule has 1 amide bonds. The number of amides is 1. The molecule has 44 heavy (non-hydrogen) atoms. The van der Waals surface area contributed by atoms with E-state index in [0.29, 0.717) is 49.4 Å². The van der Waals surface area contributed by atoms with Gasteiger partial charge in [-0.1, -0.05) is 42.5 Å². The Morgan fingerprint density at radius 1 is 0.955 bits per heavy atom. The lowest BCUT2D eigenvalue weighted by atomic mass is 9.90. The Morgan fingerprint density at radius 2 is 1.61 bits per heavy atom. The van der Waals surface area contributed by atoms with Gasteiger partial charge in [0.15, 0.2) is 9.84 Å². The van der Waals surface area contributed by atoms with Gasteiger partial charge in [0.25, 0.3) is 11.8 Å². The lowest BCUT2D eigenvalue weighted by Gasteiger charge is -2.33. The standard InChI is InChI=1S/C33H33F3N4O3S/c1-44(42,43)28-13-7-23(8-14-28)20-38-17-15-25(16-18-38)31-29(19-37-40(31)27-11-9-26(34)10-12-27)32(41)39-21-30(33(35,36)22-39)24-5-3-2-4-6-24/h2-14,19,25,30H,15-18,20-22H2,1H3. The number of benzene rings is 3. The Kier molecular flexibility index (Phi) is 8.10. The molecule has 2 aliphatic heterocycles. The van der Waals surface area contributed by atoms with E-state index in [9.17, 15) is 17.6 Å². The smallest absolute Gasteiger partial charge is 0.273 e. The summed E-state index contributed by atoms with van der Waals surface area (Å²) >= 11 is 0. The monoisotopic (exact) mass is 622 g/mol. The first-order valence-corrected chi connectivity index (χ1v) is 16.5. The number of aromatic nitrogens is 2. The number of sulfone groups is 1. The number of nitrogens with zero attached hydrogens (tertiary/aromatic N) is 4. The summed E-state index contributed by atoms with van der Waals surface area (Å²) in [7, 11) is -3.27. The van der Waals surface area contributed by atoms with Crippen molar-refractivity contribution in [3.05, 3.63) is 113 Å². The second-order valence-corrected chi connectivity index (χ2v) is 13.7. The summed E-state index contributed by atoms with van der Waals surface area (Å²) in [5.74, 6) is -5.14. The molecule has 2 fully saturated rings. The summed E-state index contributed by atoms with van der Waals surface area (Å²) in [5, 5.41) is 4.51. The predicted molar refractivity (Wildman–Crippen MR) is 160 cm³/mol. The van der Waals surface area contributed by atoms with Crippen LogP contribution in [0, 0.1) is 5.82 Å². The van der Waals surface area contributed by atoms with Gasteiger partial charge in [-0.25, -0.2) is 26.3 Å². The third-order valence-electron chi connectivity index (χ3n) is 8.64. The van der Waals surface area contributed by atoms with Crippen LogP contribution in [0.1, 0.15) is 51.9 Å². The van der Waals surface area contributed by atoms with Crippen LogP contribution in [0.2, 0.25) is 0 Å². The first-order valence-electron chi connectivity index (χ1n) is 14.6. The average Bonchev–Trinajstić information content (AvgIpc) is 3.59. The van der Waals surface area contributed by atoms with Crippen molar-refractivity contribution in [3.63, 3.8) is 0 Å². The zero-order valence-electron chi connectivity index (χ0n) is 24.2. The van der Waals surface area contributed by atoms with E-state index < -0.39 is 39.9 Å². The first-order chi connectivity index (χ1) is 21.0. The van der Waals surface area contributed by atoms with E-state index in [1.54, 1.807) is 59.3 Å². The summed E-state index contributed by atoms with van der Waals surface area (Å²) in [4.78, 5) is 17.7. The van der Waals surface area contributed by atoms with Crippen molar-refractivity contribution in [1.29, 1.82) is 0 Å². The molecular weight excluding hydrogens is 589 g/mol. The number of rotatable bonds is 7. The SMILES string of the molecule is CS(=O)(=O)c1ccc(CN2CCC(c3c(C(=O)N4CC(c5ccccc5)C(F)(F)C4)cnn3-c3ccc(F)cc3)CC2)cc1. The van der Waals surface area contributed by atoms with Crippen LogP contribution in [0.25, 0.3) is 5.69 Å². The second-order valence-electron chi connectivity index (χ2n) is 11.7. The van der Waals surface area contributed by atoms with Crippen molar-refractivity contribution in [2.24, 2.45) is 0 Å². The number of alkyl halides is 2. The molecule has 0 saturated carbocycles. The van der Waals surface area contributed by atoms with Crippen molar-refractivity contribution in [1.82, 2.24) is 19.6 Å². The molecule has 4 aromatic rings. The number of piperidine rings is 1. The van der Waals surface area contributed by atoms with Gasteiger partial charge in [0.1, 0.15) is 5.82 Å². The van der Waals surface area contributed by atoms with Gasteiger partial charge in [-0.2, -0.15) is 5.10 Å². The van der Waals surface area contributed by atoms with E-state index in [-0.39, 0.29) is 22.9 Å². The lowest BCUT2D eigenvalue weighted by Crippen LogP contribution is -2.35. The summed E-state index contributed by atoms with van der Waals surface area (Å²) in [6, 6.07) is 21.2. The van der Waals surface area contributed by atoms with Gasteiger partial charge >= 0.3 is 0 Å². The van der Waals surface area contributed by atoms with E-state index in [1.807, 2.05) is 12.1 Å². The lowest BCUT2D eigenvalue weighted by molar-refractivity contribution is -0.00244. The van der Waals surface area contributed by atoms with Gasteiger partial charge in [-0.3, -0.25) is 9.69 Å². The number of hydrogen-bond donors (Lipinski definition) is 0. The molecular formula is C33H33F3N4O3S. The summed E-state index contributed by atoms with van der Waals surface area (Å²) in [5.41, 5.74) is 3.00. The Morgan fingerprint density at radius 3 is 2.25 bits per heavy atom. The largest absolute Gasteiger partial charge is 0.332 e. The highest BCUT2D eigenvalue weighted by Crippen LogP contribution is 2.41. The molecule has 0 aliphatic carbocycles. The topological polar surface area (TPSA) is 75.5 Å². The maximum atomic E-state index is 15.2. The highest BCUT2D eigenvalue weighted by molar-refractivity contribution is 7.90. The molecule has 0 bridgehead atoms. The molecule has 0 radical (unpaired) electrons. The van der Waals surface area contributed by atoms with Gasteiger partial charge in [0.05, 0.1) is 40.5 Å². The Hall–Kier alpha value is -3.96. The van der Waals surface area contributed by atoms with Crippen LogP contribution in [0.15, 0.2) is 90.0 Å². The summed E-state index contributed by atoms with van der Waals surface area (Å²) in [6.07, 6.45) is 4.01. The normalized spacial score (nSPS) is 19.4. The van der Waals surface area contributed by atoms with Crippen LogP contribution in [0.5, 0.6) is 0 Å². The fourth-order valence-electron chi connectivity index (χ4n) is 6.31. The Bertz CT molecular complexity index is 1740. The molecule has 0 spiro atoms. The zero-order valence-corrected chi connectivity index (χ0v) is 25.1. The van der Waals surface area contributed by atoms with E-state index >= 15 is 8.78 Å². The second kappa shape index (κ2) is 11.9. The minimum atomic E-state index is -3.27. The number of likely N-dealkylation sites (tertiary alicyclic amines) is 2. The van der Waals surface area contributed by atoms with Crippen LogP contribution in [0.4, 0.5) is 13.2 Å². The van der Waals surface area contributed by atoms with Crippen molar-refractivity contribution >= 4 is 15.7 Å². The molecule has 11 heteroatoms. The fourth-order valence-corrected chi connectivity index (χ4v) is 6.94. The maximum Gasteiger partial charge on any atom is 0.273 e. The van der Waals surface area contributed by atoms with Crippen LogP contribution in [-0.2, 0) is 16.4 Å². The van der Waals surface area contributed by atoms with E-state index in [4.69, 9.17) is 0 Å². The maximum absolute atomic E-state index is 15.2. The highest BCUT2D eigenvalue weighted by atomic mass is 32.2. The Balaban J connectivity index is 1.24. The molecule has 7 nitrogen and oxygen atoms in total. The molecule has 230 valence electrons. The van der Waals surface area contributed by atoms with E-state index in [2.05, 4.69) is 10.00 Å². The molecule has 2 saturated heterocycles. The molecule has 2 aliphatic rings. The minimum Gasteiger partial charge on any atom is -0.332 e. The number of halogens is 3. The van der Waals surface area contributed by atoms with Crippen molar-refractivity contribution < 1.29 is 26.4 Å². The predicted octanol–water partition coefficient (Wildman–Crippen LogP) is 5.67. The first kappa shape index (κ1) is 30.1. The van der Waals surface area contributed by atoms with Crippen LogP contribution < -0.4 is 0 Å². The molecule has 3 aromatic carbocycles. The fraction of sp³-hybridized carbons (Fsp3) is 0.333. The Labute approximate surface area is 254 Å². The molecule has 1 aromatic heterocycles. The van der Waals surface area contributed by atoms with Crippen molar-refractivity contribution in [2.45, 2.75) is 42.0 Å². The summed E-state index contributed by atoms with van der Waals surface area (Å²) in [6.45, 7) is 1.28. The van der Waals surface area contributed by atoms with Gasteiger partial charge in [-0.05, 0) is 73.5 Å². The van der Waals surface area contributed by atoms with E-state index in [0.717, 1.165) is 5.56 Å². The van der Waals surface area contributed by atoms with E-state index in [1.165, 1.54) is 29.5 Å². The van der Waals surface area contributed by atoms with Gasteiger partial charge < -0.3 is 4.90 Å². The van der Waals surface area contributed by atoms with Crippen molar-refractivity contribution in [3.8, 4) is 5.69 Å². The molecule has 6 rings (SSSR count). The van der Waals surface area contributed by atoms with Crippen LogP contribution >= 0.6 is 0 Å². The average molecular weight is 623 g/mol. The number of hydrogen-bond acceptors (Lipinski definition) is 5. The number of carbonyl (C=O) groups excluding carboxylic acids is 1. The quantitative estimate of drug-likeness (QED) is 0.266. The van der Waals surface area contributed by atoms with Crippen molar-refractivity contribution in [2.75, 3.05) is 32.4 Å². The number of carbonyl (C=O) groups is 1. The van der Waals surface area contributed by atoms with Gasteiger partial charge in [0.2, 0.25) is 0 Å². The zero-order chi connectivity index (χ0) is 31.1. The van der Waals surface area contributed by atoms with Gasteiger partial charge in [0, 0.05) is 25.3 Å². The van der Waals surface area contributed by atoms with Crippen LogP contribution in [0.3, 0.4) is 0 Å². The third-order valence-corrected chi connectivity index (χ3v) is 9.77. The van der Waals surface area contributed by atoms with Gasteiger partial charge in [-0.15, -0.1) is 0 Å². The molecule has 0 N–H and O–H groups in total.